The molecule has 0 unspecified atom stereocenters. The van der Waals surface area contributed by atoms with Gasteiger partial charge in [-0.15, -0.1) is 0 Å². The number of hydrogen-bond acceptors (Lipinski definition) is 7. The van der Waals surface area contributed by atoms with Crippen molar-refractivity contribution in [2.75, 3.05) is 24.1 Å². The second kappa shape index (κ2) is 10.1. The van der Waals surface area contributed by atoms with Gasteiger partial charge in [0.15, 0.2) is 28.9 Å². The number of nitrogens with zero attached hydrogens (tertiary/aromatic N) is 4. The van der Waals surface area contributed by atoms with Crippen LogP contribution >= 0.6 is 0 Å². The van der Waals surface area contributed by atoms with Crippen molar-refractivity contribution in [2.45, 2.75) is 6.18 Å². The molecule has 4 aromatic rings. The second-order valence-corrected chi connectivity index (χ2v) is 8.26. The second-order valence-electron chi connectivity index (χ2n) is 8.26. The Balaban J connectivity index is 1.40. The Morgan fingerprint density at radius 3 is 2.59 bits per heavy atom. The van der Waals surface area contributed by atoms with Crippen LogP contribution in [-0.2, 0) is 6.18 Å². The van der Waals surface area contributed by atoms with Crippen molar-refractivity contribution in [1.29, 1.82) is 0 Å². The van der Waals surface area contributed by atoms with Gasteiger partial charge in [0.05, 0.1) is 17.3 Å². The first kappa shape index (κ1) is 25.8. The first-order valence-corrected chi connectivity index (χ1v) is 11.3. The smallest absolute Gasteiger partial charge is 0.434 e. The van der Waals surface area contributed by atoms with Crippen molar-refractivity contribution in [3.8, 4) is 17.3 Å². The molecule has 0 aliphatic carbocycles. The van der Waals surface area contributed by atoms with E-state index in [-0.39, 0.29) is 27.7 Å². The summed E-state index contributed by atoms with van der Waals surface area (Å²) in [5, 5.41) is 8.84. The van der Waals surface area contributed by atoms with Gasteiger partial charge in [0.2, 0.25) is 0 Å². The topological polar surface area (TPSA) is 120 Å². The van der Waals surface area contributed by atoms with Crippen molar-refractivity contribution in [1.82, 2.24) is 25.1 Å². The molecule has 0 saturated carbocycles. The van der Waals surface area contributed by atoms with Crippen molar-refractivity contribution < 1.29 is 31.5 Å². The minimum Gasteiger partial charge on any atom is -0.453 e. The number of carbonyl (C=O) groups is 1. The lowest BCUT2D eigenvalue weighted by atomic mass is 10.1. The van der Waals surface area contributed by atoms with Gasteiger partial charge < -0.3 is 21.1 Å². The number of pyridine rings is 2. The average Bonchev–Trinajstić information content (AvgIpc) is 3.57. The summed E-state index contributed by atoms with van der Waals surface area (Å²) >= 11 is 0. The molecule has 0 spiro atoms. The van der Waals surface area contributed by atoms with Gasteiger partial charge in [0, 0.05) is 37.2 Å². The SMILES string of the molecule is Nc1nccc(Oc2ccc(NC(=O)c3cnn(-c4ncccc4F)c3C(F)(F)F)cc2F)c1C1=CCNC1. The largest absolute Gasteiger partial charge is 0.453 e. The van der Waals surface area contributed by atoms with Gasteiger partial charge in [0.25, 0.3) is 5.91 Å². The molecule has 39 heavy (non-hydrogen) atoms. The minimum atomic E-state index is -5.09. The van der Waals surface area contributed by atoms with Gasteiger partial charge in [-0.2, -0.15) is 18.3 Å². The number of hydrogen-bond donors (Lipinski definition) is 3. The van der Waals surface area contributed by atoms with Crippen molar-refractivity contribution >= 4 is 23.0 Å². The molecular weight excluding hydrogens is 525 g/mol. The Kier molecular flexibility index (Phi) is 6.70. The fourth-order valence-electron chi connectivity index (χ4n) is 3.99. The fraction of sp³-hybridized carbons (Fsp3) is 0.120. The Labute approximate surface area is 217 Å². The number of nitrogens with one attached hydrogen (secondary N) is 2. The lowest BCUT2D eigenvalue weighted by molar-refractivity contribution is -0.143. The van der Waals surface area contributed by atoms with Gasteiger partial charge in [-0.25, -0.2) is 23.4 Å². The number of nitrogen functional groups attached to an aromatic ring is 1. The Hall–Kier alpha value is -4.85. The highest BCUT2D eigenvalue weighted by molar-refractivity contribution is 6.05. The maximum atomic E-state index is 14.9. The number of rotatable bonds is 6. The number of aromatic nitrogens is 4. The maximum absolute atomic E-state index is 14.9. The average molecular weight is 543 g/mol. The normalized spacial score (nSPS) is 13.3. The number of halogens is 5. The predicted molar refractivity (Wildman–Crippen MR) is 130 cm³/mol. The molecule has 0 bridgehead atoms. The molecular formula is C25H18F5N7O2. The van der Waals surface area contributed by atoms with Gasteiger partial charge in [-0.3, -0.25) is 4.79 Å². The van der Waals surface area contributed by atoms with Crippen LogP contribution in [0.15, 0.2) is 61.1 Å². The molecule has 0 saturated heterocycles. The first-order chi connectivity index (χ1) is 18.6. The number of benzene rings is 1. The van der Waals surface area contributed by atoms with E-state index in [0.29, 0.717) is 24.8 Å². The molecule has 0 atom stereocenters. The first-order valence-electron chi connectivity index (χ1n) is 11.3. The Morgan fingerprint density at radius 1 is 1.08 bits per heavy atom. The van der Waals surface area contributed by atoms with Crippen LogP contribution in [0.3, 0.4) is 0 Å². The van der Waals surface area contributed by atoms with Gasteiger partial charge >= 0.3 is 6.18 Å². The third kappa shape index (κ3) is 5.13. The monoisotopic (exact) mass is 543 g/mol. The summed E-state index contributed by atoms with van der Waals surface area (Å²) in [7, 11) is 0. The number of ether oxygens (including phenoxy) is 1. The standard InChI is InChI=1S/C25H18F5N7O2/c26-16-2-1-7-34-23(16)37-21(25(28,29)30)15(12-35-37)24(38)36-14-3-4-18(17(27)10-14)39-19-6-9-33-22(31)20(19)13-5-8-32-11-13/h1-7,9-10,12,32H,8,11H2,(H2,31,33)(H,36,38). The highest BCUT2D eigenvalue weighted by atomic mass is 19.4. The number of nitrogens with two attached hydrogens (primary N) is 1. The summed E-state index contributed by atoms with van der Waals surface area (Å²) in [6.07, 6.45) is -0.0859. The lowest BCUT2D eigenvalue weighted by Gasteiger charge is -2.15. The molecule has 4 heterocycles. The number of anilines is 2. The fourth-order valence-corrected chi connectivity index (χ4v) is 3.99. The Bertz CT molecular complexity index is 1600. The van der Waals surface area contributed by atoms with Gasteiger partial charge in [-0.1, -0.05) is 6.08 Å². The van der Waals surface area contributed by atoms with E-state index in [1.165, 1.54) is 30.5 Å². The van der Waals surface area contributed by atoms with Gasteiger partial charge in [0.1, 0.15) is 11.6 Å². The summed E-state index contributed by atoms with van der Waals surface area (Å²) in [5.74, 6) is -3.75. The summed E-state index contributed by atoms with van der Waals surface area (Å²) < 4.78 is 76.6. The zero-order chi connectivity index (χ0) is 27.7. The zero-order valence-corrected chi connectivity index (χ0v) is 19.8. The molecule has 1 amide bonds. The van der Waals surface area contributed by atoms with Crippen LogP contribution in [0.25, 0.3) is 11.4 Å². The molecule has 1 aromatic carbocycles. The maximum Gasteiger partial charge on any atom is 0.434 e. The third-order valence-corrected chi connectivity index (χ3v) is 5.70. The molecule has 0 fully saturated rings. The molecule has 14 heteroatoms. The molecule has 1 aliphatic rings. The van der Waals surface area contributed by atoms with E-state index in [2.05, 4.69) is 25.7 Å². The van der Waals surface area contributed by atoms with Crippen molar-refractivity contribution in [3.05, 3.63) is 89.5 Å². The van der Waals surface area contributed by atoms with Crippen molar-refractivity contribution in [3.63, 3.8) is 0 Å². The Morgan fingerprint density at radius 2 is 1.90 bits per heavy atom. The van der Waals surface area contributed by atoms with E-state index in [1.54, 1.807) is 0 Å². The number of amides is 1. The summed E-state index contributed by atoms with van der Waals surface area (Å²) in [6.45, 7) is 1.14. The molecule has 0 radical (unpaired) electrons. The van der Waals surface area contributed by atoms with E-state index in [0.717, 1.165) is 23.9 Å². The van der Waals surface area contributed by atoms with Crippen molar-refractivity contribution in [2.24, 2.45) is 0 Å². The molecule has 9 nitrogen and oxygen atoms in total. The summed E-state index contributed by atoms with van der Waals surface area (Å²) in [6, 6.07) is 6.93. The number of carbonyl (C=O) groups excluding carboxylic acids is 1. The minimum absolute atomic E-state index is 0.160. The summed E-state index contributed by atoms with van der Waals surface area (Å²) in [4.78, 5) is 20.4. The van der Waals surface area contributed by atoms with Crippen LogP contribution < -0.4 is 21.1 Å². The van der Waals surface area contributed by atoms with Gasteiger partial charge in [-0.05, 0) is 35.9 Å². The molecule has 200 valence electrons. The molecule has 3 aromatic heterocycles. The van der Waals surface area contributed by atoms with E-state index < -0.39 is 40.8 Å². The highest BCUT2D eigenvalue weighted by Crippen LogP contribution is 2.36. The van der Waals surface area contributed by atoms with Crippen LogP contribution in [-0.4, -0.2) is 38.7 Å². The van der Waals surface area contributed by atoms with E-state index in [1.807, 2.05) is 6.08 Å². The van der Waals surface area contributed by atoms with E-state index in [4.69, 9.17) is 10.5 Å². The number of alkyl halides is 3. The van der Waals surface area contributed by atoms with E-state index >= 15 is 0 Å². The van der Waals surface area contributed by atoms with Crippen LogP contribution in [0.5, 0.6) is 11.5 Å². The quantitative estimate of drug-likeness (QED) is 0.305. The van der Waals surface area contributed by atoms with Crippen LogP contribution in [0, 0.1) is 11.6 Å². The lowest BCUT2D eigenvalue weighted by Crippen LogP contribution is -2.21. The molecule has 4 N–H and O–H groups in total. The van der Waals surface area contributed by atoms with Crippen LogP contribution in [0.4, 0.5) is 33.5 Å². The molecule has 5 rings (SSSR count). The highest BCUT2D eigenvalue weighted by Gasteiger charge is 2.41. The van der Waals surface area contributed by atoms with E-state index in [9.17, 15) is 26.7 Å². The summed E-state index contributed by atoms with van der Waals surface area (Å²) in [5.41, 5.74) is 4.71. The van der Waals surface area contributed by atoms with Crippen LogP contribution in [0.1, 0.15) is 21.6 Å². The predicted octanol–water partition coefficient (Wildman–Crippen LogP) is 4.57. The zero-order valence-electron chi connectivity index (χ0n) is 19.8. The molecule has 1 aliphatic heterocycles. The third-order valence-electron chi connectivity index (χ3n) is 5.70. The van der Waals surface area contributed by atoms with Crippen LogP contribution in [0.2, 0.25) is 0 Å².